The second-order valence-electron chi connectivity index (χ2n) is 6.45. The van der Waals surface area contributed by atoms with Gasteiger partial charge < -0.3 is 14.9 Å². The predicted molar refractivity (Wildman–Crippen MR) is 94.2 cm³/mol. The quantitative estimate of drug-likeness (QED) is 0.420. The van der Waals surface area contributed by atoms with E-state index in [0.29, 0.717) is 30.8 Å². The molecule has 0 aromatic rings. The van der Waals surface area contributed by atoms with Crippen LogP contribution < -0.4 is 0 Å². The molecule has 0 aliphatic heterocycles. The number of hydrogen-bond donors (Lipinski definition) is 2. The summed E-state index contributed by atoms with van der Waals surface area (Å²) >= 11 is 0. The summed E-state index contributed by atoms with van der Waals surface area (Å²) in [4.78, 5) is 11.3. The van der Waals surface area contributed by atoms with Crippen molar-refractivity contribution in [1.29, 1.82) is 0 Å². The average molecular weight is 328 g/mol. The molecule has 0 aromatic heterocycles. The molecule has 4 nitrogen and oxygen atoms in total. The normalized spacial score (nSPS) is 17.4. The van der Waals surface area contributed by atoms with Crippen molar-refractivity contribution in [2.24, 2.45) is 5.92 Å². The number of methoxy groups -OCH3 is 1. The summed E-state index contributed by atoms with van der Waals surface area (Å²) < 4.78 is 4.61. The zero-order valence-electron chi connectivity index (χ0n) is 15.6. The minimum absolute atomic E-state index is 0.0665. The lowest BCUT2D eigenvalue weighted by molar-refractivity contribution is -0.142. The highest BCUT2D eigenvalue weighted by molar-refractivity contribution is 5.70. The van der Waals surface area contributed by atoms with E-state index in [1.54, 1.807) is 6.08 Å². The minimum atomic E-state index is -0.920. The van der Waals surface area contributed by atoms with Gasteiger partial charge in [0.1, 0.15) is 0 Å². The van der Waals surface area contributed by atoms with E-state index in [9.17, 15) is 15.0 Å². The van der Waals surface area contributed by atoms with Gasteiger partial charge in [-0.2, -0.15) is 0 Å². The number of ether oxygens (including phenoxy) is 1. The summed E-state index contributed by atoms with van der Waals surface area (Å²) in [5.74, 6) is 0.0401. The maximum Gasteiger partial charge on any atom is 0.308 e. The maximum absolute atomic E-state index is 11.3. The Bertz CT molecular complexity index is 364. The van der Waals surface area contributed by atoms with Crippen molar-refractivity contribution >= 4 is 5.97 Å². The zero-order valence-corrected chi connectivity index (χ0v) is 15.6. The third kappa shape index (κ3) is 8.52. The van der Waals surface area contributed by atoms with Crippen LogP contribution in [0.2, 0.25) is 0 Å². The molecule has 23 heavy (non-hydrogen) atoms. The van der Waals surface area contributed by atoms with E-state index >= 15 is 0 Å². The minimum Gasteiger partial charge on any atom is -0.469 e. The number of unbranched alkanes of at least 4 members (excludes halogenated alkanes) is 1. The first-order chi connectivity index (χ1) is 10.9. The van der Waals surface area contributed by atoms with Crippen LogP contribution in [0.15, 0.2) is 11.6 Å². The maximum atomic E-state index is 11.3. The molecule has 4 heteroatoms. The van der Waals surface area contributed by atoms with Gasteiger partial charge in [-0.1, -0.05) is 59.5 Å². The molecule has 2 unspecified atom stereocenters. The molecule has 0 radical (unpaired) electrons. The molecular formula is C19H36O4. The molecule has 0 amide bonds. The van der Waals surface area contributed by atoms with Gasteiger partial charge in [0.2, 0.25) is 0 Å². The molecule has 0 aliphatic carbocycles. The van der Waals surface area contributed by atoms with Crippen LogP contribution in [0.3, 0.4) is 0 Å². The molecule has 0 aromatic carbocycles. The largest absolute Gasteiger partial charge is 0.469 e. The van der Waals surface area contributed by atoms with Crippen molar-refractivity contribution in [3.05, 3.63) is 11.6 Å². The van der Waals surface area contributed by atoms with E-state index in [-0.39, 0.29) is 6.42 Å². The fourth-order valence-electron chi connectivity index (χ4n) is 2.90. The van der Waals surface area contributed by atoms with Crippen LogP contribution in [0.1, 0.15) is 79.1 Å². The molecule has 0 bridgehead atoms. The lowest BCUT2D eigenvalue weighted by Crippen LogP contribution is -2.30. The Morgan fingerprint density at radius 2 is 1.91 bits per heavy atom. The summed E-state index contributed by atoms with van der Waals surface area (Å²) in [6, 6.07) is 0. The number of aliphatic hydroxyl groups is 2. The molecule has 136 valence electrons. The van der Waals surface area contributed by atoms with Crippen LogP contribution in [-0.4, -0.2) is 35.0 Å². The number of esters is 1. The van der Waals surface area contributed by atoms with Gasteiger partial charge >= 0.3 is 5.97 Å². The van der Waals surface area contributed by atoms with Gasteiger partial charge in [-0.05, 0) is 30.8 Å². The Morgan fingerprint density at radius 3 is 2.35 bits per heavy atom. The van der Waals surface area contributed by atoms with Crippen molar-refractivity contribution in [2.75, 3.05) is 7.11 Å². The van der Waals surface area contributed by atoms with Gasteiger partial charge in [0.05, 0.1) is 25.2 Å². The van der Waals surface area contributed by atoms with Crippen LogP contribution in [0.4, 0.5) is 0 Å². The number of carbonyl (C=O) groups excluding carboxylic acids is 1. The molecule has 0 heterocycles. The van der Waals surface area contributed by atoms with E-state index in [0.717, 1.165) is 19.3 Å². The lowest BCUT2D eigenvalue weighted by atomic mass is 9.82. The number of aliphatic hydroxyl groups excluding tert-OH is 1. The Morgan fingerprint density at radius 1 is 1.26 bits per heavy atom. The SMILES string of the molecule is CCCCC(CC)CC(O)(/C=C(/CC)[C@@H](O)CC(=O)OC)CC. The van der Waals surface area contributed by atoms with Crippen LogP contribution in [0.5, 0.6) is 0 Å². The average Bonchev–Trinajstić information content (AvgIpc) is 2.56. The number of hydrogen-bond acceptors (Lipinski definition) is 4. The van der Waals surface area contributed by atoms with Crippen molar-refractivity contribution in [3.63, 3.8) is 0 Å². The first-order valence-corrected chi connectivity index (χ1v) is 9.04. The molecule has 0 spiro atoms. The Kier molecular flexibility index (Phi) is 11.2. The van der Waals surface area contributed by atoms with E-state index in [2.05, 4.69) is 18.6 Å². The van der Waals surface area contributed by atoms with Crippen LogP contribution in [-0.2, 0) is 9.53 Å². The second-order valence-corrected chi connectivity index (χ2v) is 6.45. The fraction of sp³-hybridized carbons (Fsp3) is 0.842. The summed E-state index contributed by atoms with van der Waals surface area (Å²) in [7, 11) is 1.31. The molecule has 0 rings (SSSR count). The third-order valence-electron chi connectivity index (χ3n) is 4.68. The summed E-state index contributed by atoms with van der Waals surface area (Å²) in [5, 5.41) is 21.2. The number of rotatable bonds is 12. The standard InChI is InChI=1S/C19H36O4/c1-6-10-11-15(7-2)13-19(22,9-4)14-16(8-3)17(20)12-18(21)23-5/h14-15,17,20,22H,6-13H2,1-5H3/b16-14-/t15?,17-,19?/m0/s1. The molecule has 3 atom stereocenters. The molecule has 0 saturated heterocycles. The Labute approximate surface area is 141 Å². The second kappa shape index (κ2) is 11.6. The molecule has 0 saturated carbocycles. The molecule has 2 N–H and O–H groups in total. The fourth-order valence-corrected chi connectivity index (χ4v) is 2.90. The summed E-state index contributed by atoms with van der Waals surface area (Å²) in [5.41, 5.74) is -0.207. The highest BCUT2D eigenvalue weighted by atomic mass is 16.5. The molecule has 0 aliphatic rings. The van der Waals surface area contributed by atoms with E-state index in [1.165, 1.54) is 13.5 Å². The topological polar surface area (TPSA) is 66.8 Å². The van der Waals surface area contributed by atoms with Crippen LogP contribution >= 0.6 is 0 Å². The first kappa shape index (κ1) is 22.1. The monoisotopic (exact) mass is 328 g/mol. The van der Waals surface area contributed by atoms with Crippen LogP contribution in [0, 0.1) is 5.92 Å². The van der Waals surface area contributed by atoms with E-state index < -0.39 is 17.7 Å². The van der Waals surface area contributed by atoms with Crippen molar-refractivity contribution < 1.29 is 19.7 Å². The van der Waals surface area contributed by atoms with Gasteiger partial charge in [0.25, 0.3) is 0 Å². The van der Waals surface area contributed by atoms with Gasteiger partial charge in [0.15, 0.2) is 0 Å². The highest BCUT2D eigenvalue weighted by Gasteiger charge is 2.28. The Hall–Kier alpha value is -0.870. The van der Waals surface area contributed by atoms with Gasteiger partial charge in [0, 0.05) is 0 Å². The van der Waals surface area contributed by atoms with Gasteiger partial charge in [-0.3, -0.25) is 4.79 Å². The summed E-state index contributed by atoms with van der Waals surface area (Å²) in [6.07, 6.45) is 7.24. The van der Waals surface area contributed by atoms with Crippen molar-refractivity contribution in [3.8, 4) is 0 Å². The van der Waals surface area contributed by atoms with Crippen molar-refractivity contribution in [1.82, 2.24) is 0 Å². The van der Waals surface area contributed by atoms with E-state index in [4.69, 9.17) is 0 Å². The number of carbonyl (C=O) groups is 1. The molecule has 0 fully saturated rings. The van der Waals surface area contributed by atoms with Gasteiger partial charge in [-0.25, -0.2) is 0 Å². The predicted octanol–water partition coefficient (Wildman–Crippen LogP) is 3.99. The Balaban J connectivity index is 5.08. The molecular weight excluding hydrogens is 292 g/mol. The zero-order chi connectivity index (χ0) is 17.9. The summed E-state index contributed by atoms with van der Waals surface area (Å²) in [6.45, 7) is 8.23. The van der Waals surface area contributed by atoms with Crippen molar-refractivity contribution in [2.45, 2.75) is 90.8 Å². The highest BCUT2D eigenvalue weighted by Crippen LogP contribution is 2.30. The van der Waals surface area contributed by atoms with E-state index in [1.807, 2.05) is 13.8 Å². The lowest BCUT2D eigenvalue weighted by Gasteiger charge is -2.30. The first-order valence-electron chi connectivity index (χ1n) is 9.04. The van der Waals surface area contributed by atoms with Crippen LogP contribution in [0.25, 0.3) is 0 Å². The smallest absolute Gasteiger partial charge is 0.308 e. The third-order valence-corrected chi connectivity index (χ3v) is 4.68. The van der Waals surface area contributed by atoms with Gasteiger partial charge in [-0.15, -0.1) is 0 Å².